The number of rotatable bonds is 11. The zero-order valence-corrected chi connectivity index (χ0v) is 12.1. The highest BCUT2D eigenvalue weighted by molar-refractivity contribution is 5.74. The van der Waals surface area contributed by atoms with Gasteiger partial charge in [0, 0.05) is 5.41 Å². The first-order valence-corrected chi connectivity index (χ1v) is 7.02. The third-order valence-corrected chi connectivity index (χ3v) is 4.28. The van der Waals surface area contributed by atoms with E-state index in [0.717, 1.165) is 12.8 Å². The maximum absolute atomic E-state index is 11.6. The van der Waals surface area contributed by atoms with Gasteiger partial charge in [-0.3, -0.25) is 4.79 Å². The molecule has 0 aliphatic carbocycles. The molecule has 0 saturated heterocycles. The summed E-state index contributed by atoms with van der Waals surface area (Å²) in [5.41, 5.74) is -1.80. The molecule has 0 aliphatic heterocycles. The molecule has 0 rings (SSSR count). The highest BCUT2D eigenvalue weighted by atomic mass is 16.4. The van der Waals surface area contributed by atoms with E-state index in [9.17, 15) is 25.2 Å². The first-order chi connectivity index (χ1) is 8.95. The van der Waals surface area contributed by atoms with E-state index in [1.807, 2.05) is 13.8 Å². The summed E-state index contributed by atoms with van der Waals surface area (Å²) in [5.74, 6) is -0.828. The Labute approximate surface area is 115 Å². The van der Waals surface area contributed by atoms with Crippen LogP contribution in [0.3, 0.4) is 0 Å². The Morgan fingerprint density at radius 1 is 0.947 bits per heavy atom. The van der Waals surface area contributed by atoms with Crippen molar-refractivity contribution in [1.29, 1.82) is 0 Å². The molecule has 1 atom stereocenters. The molecule has 19 heavy (non-hydrogen) atoms. The van der Waals surface area contributed by atoms with Crippen LogP contribution in [0.15, 0.2) is 0 Å². The minimum atomic E-state index is -0.984. The summed E-state index contributed by atoms with van der Waals surface area (Å²) >= 11 is 0. The summed E-state index contributed by atoms with van der Waals surface area (Å²) in [7, 11) is 0. The second kappa shape index (κ2) is 8.51. The van der Waals surface area contributed by atoms with Gasteiger partial charge in [-0.2, -0.15) is 0 Å². The molecule has 0 aliphatic rings. The highest BCUT2D eigenvalue weighted by Gasteiger charge is 2.39. The molecule has 4 N–H and O–H groups in total. The number of unbranched alkanes of at least 4 members (excludes halogenated alkanes) is 1. The molecular formula is C14H28O5. The smallest absolute Gasteiger partial charge is 0.309 e. The quantitative estimate of drug-likeness (QED) is 0.457. The zero-order chi connectivity index (χ0) is 14.9. The Morgan fingerprint density at radius 3 is 1.79 bits per heavy atom. The molecule has 1 unspecified atom stereocenters. The van der Waals surface area contributed by atoms with E-state index in [4.69, 9.17) is 0 Å². The van der Waals surface area contributed by atoms with Crippen molar-refractivity contribution < 1.29 is 25.2 Å². The van der Waals surface area contributed by atoms with Crippen LogP contribution in [-0.4, -0.2) is 46.2 Å². The van der Waals surface area contributed by atoms with Crippen molar-refractivity contribution in [2.45, 2.75) is 52.4 Å². The Hall–Kier alpha value is -0.650. The summed E-state index contributed by atoms with van der Waals surface area (Å²) in [5, 5.41) is 37.4. The predicted molar refractivity (Wildman–Crippen MR) is 72.8 cm³/mol. The number of aliphatic hydroxyl groups excluding tert-OH is 3. The number of hydrogen-bond donors (Lipinski definition) is 4. The molecule has 0 heterocycles. The van der Waals surface area contributed by atoms with E-state index >= 15 is 0 Å². The summed E-state index contributed by atoms with van der Waals surface area (Å²) in [4.78, 5) is 11.6. The first kappa shape index (κ1) is 18.4. The third-order valence-electron chi connectivity index (χ3n) is 4.28. The zero-order valence-electron chi connectivity index (χ0n) is 12.1. The number of aliphatic carboxylic acids is 1. The fourth-order valence-corrected chi connectivity index (χ4v) is 2.25. The average Bonchev–Trinajstić information content (AvgIpc) is 2.44. The molecule has 5 nitrogen and oxygen atoms in total. The predicted octanol–water partition coefficient (Wildman–Crippen LogP) is 1.40. The maximum Gasteiger partial charge on any atom is 0.309 e. The molecule has 0 spiro atoms. The van der Waals surface area contributed by atoms with Gasteiger partial charge >= 0.3 is 5.97 Å². The lowest BCUT2D eigenvalue weighted by Gasteiger charge is -2.34. The SMILES string of the molecule is CCCCC(CC)(CCC(CO)(CO)CO)C(=O)O. The van der Waals surface area contributed by atoms with Crippen molar-refractivity contribution in [2.24, 2.45) is 10.8 Å². The number of carboxylic acid groups (broad SMARTS) is 1. The van der Waals surface area contributed by atoms with Crippen molar-refractivity contribution in [2.75, 3.05) is 19.8 Å². The minimum Gasteiger partial charge on any atom is -0.481 e. The van der Waals surface area contributed by atoms with Gasteiger partial charge in [0.25, 0.3) is 0 Å². The van der Waals surface area contributed by atoms with Crippen LogP contribution in [0.5, 0.6) is 0 Å². The van der Waals surface area contributed by atoms with Crippen LogP contribution in [0.4, 0.5) is 0 Å². The van der Waals surface area contributed by atoms with E-state index in [1.54, 1.807) is 0 Å². The van der Waals surface area contributed by atoms with Crippen LogP contribution >= 0.6 is 0 Å². The molecule has 0 saturated carbocycles. The lowest BCUT2D eigenvalue weighted by atomic mass is 9.72. The van der Waals surface area contributed by atoms with Crippen LogP contribution in [0.25, 0.3) is 0 Å². The van der Waals surface area contributed by atoms with Crippen molar-refractivity contribution in [3.63, 3.8) is 0 Å². The van der Waals surface area contributed by atoms with Gasteiger partial charge in [0.05, 0.1) is 25.2 Å². The molecule has 0 fully saturated rings. The summed E-state index contributed by atoms with van der Waals surface area (Å²) in [6.07, 6.45) is 3.54. The van der Waals surface area contributed by atoms with Crippen molar-refractivity contribution in [1.82, 2.24) is 0 Å². The van der Waals surface area contributed by atoms with Gasteiger partial charge in [-0.25, -0.2) is 0 Å². The highest BCUT2D eigenvalue weighted by Crippen LogP contribution is 2.38. The van der Waals surface area contributed by atoms with E-state index in [-0.39, 0.29) is 19.8 Å². The van der Waals surface area contributed by atoms with Crippen LogP contribution in [0.1, 0.15) is 52.4 Å². The molecule has 0 amide bonds. The first-order valence-electron chi connectivity index (χ1n) is 7.02. The van der Waals surface area contributed by atoms with E-state index in [0.29, 0.717) is 25.7 Å². The summed E-state index contributed by atoms with van der Waals surface area (Å²) < 4.78 is 0. The van der Waals surface area contributed by atoms with Gasteiger partial charge in [0.15, 0.2) is 0 Å². The summed E-state index contributed by atoms with van der Waals surface area (Å²) in [6.45, 7) is 2.84. The fourth-order valence-electron chi connectivity index (χ4n) is 2.25. The van der Waals surface area contributed by atoms with E-state index in [1.165, 1.54) is 0 Å². The van der Waals surface area contributed by atoms with Gasteiger partial charge in [0.2, 0.25) is 0 Å². The normalized spacial score (nSPS) is 15.2. The van der Waals surface area contributed by atoms with E-state index in [2.05, 4.69) is 0 Å². The molecule has 114 valence electrons. The van der Waals surface area contributed by atoms with Crippen molar-refractivity contribution >= 4 is 5.97 Å². The second-order valence-corrected chi connectivity index (χ2v) is 5.52. The van der Waals surface area contributed by atoms with E-state index < -0.39 is 16.8 Å². The number of carbonyl (C=O) groups is 1. The van der Waals surface area contributed by atoms with Crippen LogP contribution in [0.2, 0.25) is 0 Å². The van der Waals surface area contributed by atoms with Crippen LogP contribution in [-0.2, 0) is 4.79 Å². The standard InChI is InChI=1S/C14H28O5/c1-3-5-6-14(4-2,12(18)19)8-7-13(9-15,10-16)11-17/h15-17H,3-11H2,1-2H3,(H,18,19). The molecule has 0 bridgehead atoms. The number of hydrogen-bond acceptors (Lipinski definition) is 4. The Bertz CT molecular complexity index is 254. The van der Waals surface area contributed by atoms with Crippen molar-refractivity contribution in [3.8, 4) is 0 Å². The average molecular weight is 276 g/mol. The monoisotopic (exact) mass is 276 g/mol. The Kier molecular flexibility index (Phi) is 8.22. The second-order valence-electron chi connectivity index (χ2n) is 5.52. The maximum atomic E-state index is 11.6. The van der Waals surface area contributed by atoms with Gasteiger partial charge in [-0.15, -0.1) is 0 Å². The molecule has 0 aromatic rings. The molecule has 0 aromatic heterocycles. The largest absolute Gasteiger partial charge is 0.481 e. The van der Waals surface area contributed by atoms with Gasteiger partial charge in [0.1, 0.15) is 0 Å². The number of aliphatic hydroxyl groups is 3. The molecule has 0 radical (unpaired) electrons. The van der Waals surface area contributed by atoms with Gasteiger partial charge in [-0.1, -0.05) is 26.7 Å². The lowest BCUT2D eigenvalue weighted by molar-refractivity contribution is -0.151. The fraction of sp³-hybridized carbons (Fsp3) is 0.929. The lowest BCUT2D eigenvalue weighted by Crippen LogP contribution is -2.38. The Morgan fingerprint density at radius 2 is 1.47 bits per heavy atom. The topological polar surface area (TPSA) is 98.0 Å². The van der Waals surface area contributed by atoms with Crippen LogP contribution < -0.4 is 0 Å². The number of carboxylic acids is 1. The van der Waals surface area contributed by atoms with Gasteiger partial charge in [-0.05, 0) is 25.7 Å². The Balaban J connectivity index is 4.86. The molecule has 5 heteroatoms. The molecule has 0 aromatic carbocycles. The molecular weight excluding hydrogens is 248 g/mol. The third kappa shape index (κ3) is 4.75. The van der Waals surface area contributed by atoms with Crippen LogP contribution in [0, 0.1) is 10.8 Å². The van der Waals surface area contributed by atoms with Crippen molar-refractivity contribution in [3.05, 3.63) is 0 Å². The van der Waals surface area contributed by atoms with Gasteiger partial charge < -0.3 is 20.4 Å². The minimum absolute atomic E-state index is 0.306. The summed E-state index contributed by atoms with van der Waals surface area (Å²) in [6, 6.07) is 0.